The summed E-state index contributed by atoms with van der Waals surface area (Å²) in [6.45, 7) is 7.76. The normalized spacial score (nSPS) is 11.3. The lowest BCUT2D eigenvalue weighted by Gasteiger charge is -2.24. The Morgan fingerprint density at radius 1 is 1.06 bits per heavy atom. The summed E-state index contributed by atoms with van der Waals surface area (Å²) in [6, 6.07) is 14.3. The lowest BCUT2D eigenvalue weighted by molar-refractivity contribution is -0.118. The molecule has 0 radical (unpaired) electrons. The molecule has 0 aliphatic rings. The molecule has 8 heteroatoms. The van der Waals surface area contributed by atoms with Crippen molar-refractivity contribution in [3.8, 4) is 5.75 Å². The van der Waals surface area contributed by atoms with E-state index in [0.29, 0.717) is 13.0 Å². The number of carbonyl (C=O) groups is 1. The molecule has 0 fully saturated rings. The number of benzene rings is 2. The van der Waals surface area contributed by atoms with Crippen molar-refractivity contribution in [2.75, 3.05) is 50.2 Å². The fourth-order valence-electron chi connectivity index (χ4n) is 3.31. The summed E-state index contributed by atoms with van der Waals surface area (Å²) >= 11 is 5.02. The van der Waals surface area contributed by atoms with Crippen molar-refractivity contribution in [3.63, 3.8) is 0 Å². The van der Waals surface area contributed by atoms with E-state index in [1.807, 2.05) is 35.2 Å². The van der Waals surface area contributed by atoms with E-state index in [4.69, 9.17) is 9.72 Å². The molecule has 0 bridgehead atoms. The van der Waals surface area contributed by atoms with Crippen LogP contribution >= 0.6 is 34.9 Å². The molecule has 0 saturated heterocycles. The number of methoxy groups -OCH3 is 1. The van der Waals surface area contributed by atoms with Crippen LogP contribution in [0.2, 0.25) is 0 Å². The highest BCUT2D eigenvalue weighted by molar-refractivity contribution is 7.99. The van der Waals surface area contributed by atoms with Crippen molar-refractivity contribution in [2.24, 2.45) is 0 Å². The Balaban J connectivity index is 1.71. The van der Waals surface area contributed by atoms with Gasteiger partial charge in [-0.2, -0.15) is 0 Å². The Labute approximate surface area is 203 Å². The maximum absolute atomic E-state index is 13.3. The Morgan fingerprint density at radius 2 is 1.78 bits per heavy atom. The number of hydrogen-bond acceptors (Lipinski definition) is 7. The number of thioether (sulfide) groups is 2. The highest BCUT2D eigenvalue weighted by Gasteiger charge is 2.20. The molecule has 0 aliphatic carbocycles. The van der Waals surface area contributed by atoms with Gasteiger partial charge < -0.3 is 9.64 Å². The van der Waals surface area contributed by atoms with Crippen molar-refractivity contribution in [2.45, 2.75) is 30.1 Å². The molecule has 1 heterocycles. The van der Waals surface area contributed by atoms with Crippen LogP contribution in [0.5, 0.6) is 5.75 Å². The first-order valence-corrected chi connectivity index (χ1v) is 13.8. The fraction of sp³-hybridized carbons (Fsp3) is 0.417. The smallest absolute Gasteiger partial charge is 0.229 e. The molecule has 2 aromatic carbocycles. The van der Waals surface area contributed by atoms with Gasteiger partial charge in [0.25, 0.3) is 0 Å². The van der Waals surface area contributed by atoms with E-state index in [2.05, 4.69) is 37.1 Å². The third-order valence-corrected chi connectivity index (χ3v) is 8.07. The number of nitrogens with zero attached hydrogens (tertiary/aromatic N) is 3. The number of anilines is 1. The predicted molar refractivity (Wildman–Crippen MR) is 140 cm³/mol. The van der Waals surface area contributed by atoms with Crippen LogP contribution in [0, 0.1) is 0 Å². The molecule has 5 nitrogen and oxygen atoms in total. The summed E-state index contributed by atoms with van der Waals surface area (Å²) in [7, 11) is 1.66. The van der Waals surface area contributed by atoms with E-state index in [0.717, 1.165) is 51.4 Å². The minimum atomic E-state index is 0.127. The SMILES string of the molecule is CCN(CC)CCN(C(=O)CCSc1ccc(OC)cc1)c1nc2ccc(SC)cc2s1. The molecular formula is C24H31N3O2S3. The predicted octanol–water partition coefficient (Wildman–Crippen LogP) is 5.88. The number of carbonyl (C=O) groups excluding carboxylic acids is 1. The van der Waals surface area contributed by atoms with Gasteiger partial charge in [0.2, 0.25) is 5.91 Å². The molecule has 0 N–H and O–H groups in total. The molecule has 0 spiro atoms. The lowest BCUT2D eigenvalue weighted by atomic mass is 10.3. The molecule has 3 aromatic rings. The van der Waals surface area contributed by atoms with E-state index in [-0.39, 0.29) is 5.91 Å². The van der Waals surface area contributed by atoms with Gasteiger partial charge in [0.05, 0.1) is 17.3 Å². The van der Waals surface area contributed by atoms with Gasteiger partial charge in [-0.3, -0.25) is 9.69 Å². The zero-order valence-corrected chi connectivity index (χ0v) is 21.6. The summed E-state index contributed by atoms with van der Waals surface area (Å²) in [4.78, 5) is 24.6. The van der Waals surface area contributed by atoms with Crippen molar-refractivity contribution in [3.05, 3.63) is 42.5 Å². The maximum Gasteiger partial charge on any atom is 0.229 e. The van der Waals surface area contributed by atoms with E-state index in [9.17, 15) is 4.79 Å². The third-order valence-electron chi connectivity index (χ3n) is 5.29. The summed E-state index contributed by atoms with van der Waals surface area (Å²) in [5.74, 6) is 1.70. The van der Waals surface area contributed by atoms with Gasteiger partial charge in [-0.1, -0.05) is 25.2 Å². The molecule has 1 amide bonds. The number of hydrogen-bond donors (Lipinski definition) is 0. The molecule has 0 saturated carbocycles. The van der Waals surface area contributed by atoms with Gasteiger partial charge in [-0.25, -0.2) is 4.98 Å². The standard InChI is InChI=1S/C24H31N3O2S3/c1-5-26(6-2)14-15-27(24-25-21-12-11-20(30-4)17-22(21)32-24)23(28)13-16-31-19-9-7-18(29-3)8-10-19/h7-12,17H,5-6,13-16H2,1-4H3. The van der Waals surface area contributed by atoms with Gasteiger partial charge >= 0.3 is 0 Å². The summed E-state index contributed by atoms with van der Waals surface area (Å²) < 4.78 is 6.34. The van der Waals surface area contributed by atoms with Gasteiger partial charge in [0, 0.05) is 35.1 Å². The van der Waals surface area contributed by atoms with Gasteiger partial charge in [-0.05, 0) is 61.8 Å². The van der Waals surface area contributed by atoms with Gasteiger partial charge in [0.1, 0.15) is 5.75 Å². The molecular weight excluding hydrogens is 458 g/mol. The van der Waals surface area contributed by atoms with Crippen LogP contribution in [0.4, 0.5) is 5.13 Å². The second-order valence-corrected chi connectivity index (χ2v) is 10.2. The Morgan fingerprint density at radius 3 is 2.44 bits per heavy atom. The molecule has 0 atom stereocenters. The van der Waals surface area contributed by atoms with Crippen LogP contribution in [0.1, 0.15) is 20.3 Å². The van der Waals surface area contributed by atoms with Crippen LogP contribution in [-0.4, -0.2) is 61.1 Å². The van der Waals surface area contributed by atoms with Crippen molar-refractivity contribution in [1.29, 1.82) is 0 Å². The van der Waals surface area contributed by atoms with Crippen LogP contribution < -0.4 is 9.64 Å². The minimum Gasteiger partial charge on any atom is -0.497 e. The zero-order chi connectivity index (χ0) is 22.9. The monoisotopic (exact) mass is 489 g/mol. The summed E-state index contributed by atoms with van der Waals surface area (Å²) in [6.07, 6.45) is 2.55. The average molecular weight is 490 g/mol. The van der Waals surface area contributed by atoms with Gasteiger partial charge in [-0.15, -0.1) is 23.5 Å². The number of rotatable bonds is 12. The lowest BCUT2D eigenvalue weighted by Crippen LogP contribution is -2.39. The van der Waals surface area contributed by atoms with Crippen molar-refractivity contribution in [1.82, 2.24) is 9.88 Å². The molecule has 32 heavy (non-hydrogen) atoms. The second kappa shape index (κ2) is 12.5. The van der Waals surface area contributed by atoms with E-state index in [1.54, 1.807) is 42.0 Å². The van der Waals surface area contributed by atoms with E-state index < -0.39 is 0 Å². The van der Waals surface area contributed by atoms with Crippen molar-refractivity contribution >= 4 is 56.1 Å². The number of aromatic nitrogens is 1. The topological polar surface area (TPSA) is 45.7 Å². The first-order chi connectivity index (χ1) is 15.6. The number of ether oxygens (including phenoxy) is 1. The molecule has 3 rings (SSSR count). The van der Waals surface area contributed by atoms with Crippen LogP contribution in [-0.2, 0) is 4.79 Å². The highest BCUT2D eigenvalue weighted by atomic mass is 32.2. The Hall–Kier alpha value is -1.74. The summed E-state index contributed by atoms with van der Waals surface area (Å²) in [5, 5.41) is 0.796. The quantitative estimate of drug-likeness (QED) is 0.296. The number of likely N-dealkylation sites (N-methyl/N-ethyl adjacent to an activating group) is 1. The molecule has 172 valence electrons. The fourth-order valence-corrected chi connectivity index (χ4v) is 5.71. The summed E-state index contributed by atoms with van der Waals surface area (Å²) in [5.41, 5.74) is 0.955. The average Bonchev–Trinajstić information content (AvgIpc) is 3.25. The highest BCUT2D eigenvalue weighted by Crippen LogP contribution is 2.32. The zero-order valence-electron chi connectivity index (χ0n) is 19.2. The molecule has 0 aliphatic heterocycles. The largest absolute Gasteiger partial charge is 0.497 e. The van der Waals surface area contributed by atoms with Crippen LogP contribution in [0.15, 0.2) is 52.3 Å². The van der Waals surface area contributed by atoms with Crippen molar-refractivity contribution < 1.29 is 9.53 Å². The Kier molecular flexibility index (Phi) is 9.71. The van der Waals surface area contributed by atoms with E-state index >= 15 is 0 Å². The molecule has 1 aromatic heterocycles. The van der Waals surface area contributed by atoms with Gasteiger partial charge in [0.15, 0.2) is 5.13 Å². The molecule has 0 unspecified atom stereocenters. The van der Waals surface area contributed by atoms with Crippen LogP contribution in [0.25, 0.3) is 10.2 Å². The van der Waals surface area contributed by atoms with Crippen LogP contribution in [0.3, 0.4) is 0 Å². The maximum atomic E-state index is 13.3. The second-order valence-electron chi connectivity index (χ2n) is 7.18. The number of fused-ring (bicyclic) bond motifs is 1. The Bertz CT molecular complexity index is 1000. The number of amides is 1. The first-order valence-electron chi connectivity index (χ1n) is 10.8. The van der Waals surface area contributed by atoms with E-state index in [1.165, 1.54) is 4.90 Å². The number of thiazole rings is 1. The minimum absolute atomic E-state index is 0.127. The first kappa shape index (κ1) is 24.9. The third kappa shape index (κ3) is 6.63.